The van der Waals surface area contributed by atoms with Crippen LogP contribution in [-0.2, 0) is 0 Å². The number of nitrogens with one attached hydrogen (secondary N) is 1. The highest BCUT2D eigenvalue weighted by atomic mass is 16.5. The zero-order valence-corrected chi connectivity index (χ0v) is 10.7. The van der Waals surface area contributed by atoms with Crippen LogP contribution in [0.2, 0.25) is 0 Å². The summed E-state index contributed by atoms with van der Waals surface area (Å²) in [6.45, 7) is 6.85. The maximum atomic E-state index is 9.09. The van der Waals surface area contributed by atoms with Crippen molar-refractivity contribution in [3.8, 4) is 5.88 Å². The van der Waals surface area contributed by atoms with E-state index in [-0.39, 0.29) is 12.6 Å². The smallest absolute Gasteiger partial charge is 0.234 e. The van der Waals surface area contributed by atoms with Gasteiger partial charge in [0.2, 0.25) is 5.88 Å². The Kier molecular flexibility index (Phi) is 5.69. The Morgan fingerprint density at radius 2 is 2.18 bits per heavy atom. The molecule has 0 saturated carbocycles. The predicted octanol–water partition coefficient (Wildman–Crippen LogP) is 1.69. The number of hydrogen-bond acceptors (Lipinski definition) is 5. The van der Waals surface area contributed by atoms with Gasteiger partial charge < -0.3 is 15.2 Å². The van der Waals surface area contributed by atoms with Gasteiger partial charge in [-0.1, -0.05) is 20.8 Å². The molecule has 1 heterocycles. The summed E-state index contributed by atoms with van der Waals surface area (Å²) in [6.07, 6.45) is 4.04. The van der Waals surface area contributed by atoms with Gasteiger partial charge in [-0.25, -0.2) is 0 Å². The van der Waals surface area contributed by atoms with E-state index < -0.39 is 0 Å². The van der Waals surface area contributed by atoms with Crippen molar-refractivity contribution in [2.45, 2.75) is 33.2 Å². The molecule has 96 valence electrons. The molecule has 0 spiro atoms. The van der Waals surface area contributed by atoms with Gasteiger partial charge >= 0.3 is 0 Å². The monoisotopic (exact) mass is 239 g/mol. The topological polar surface area (TPSA) is 67.3 Å². The van der Waals surface area contributed by atoms with E-state index in [0.717, 1.165) is 6.42 Å². The molecule has 1 rings (SSSR count). The molecule has 0 saturated heterocycles. The lowest BCUT2D eigenvalue weighted by Crippen LogP contribution is -2.23. The van der Waals surface area contributed by atoms with Gasteiger partial charge in [-0.05, 0) is 12.3 Å². The number of aromatic nitrogens is 2. The highest BCUT2D eigenvalue weighted by Crippen LogP contribution is 2.11. The third-order valence-corrected chi connectivity index (χ3v) is 2.24. The van der Waals surface area contributed by atoms with Crippen molar-refractivity contribution >= 4 is 5.82 Å². The second-order valence-electron chi connectivity index (χ2n) is 4.38. The zero-order chi connectivity index (χ0) is 12.7. The first-order valence-corrected chi connectivity index (χ1v) is 5.98. The fraction of sp³-hybridized carbons (Fsp3) is 0.667. The Hall–Kier alpha value is -1.36. The highest BCUT2D eigenvalue weighted by molar-refractivity contribution is 5.34. The van der Waals surface area contributed by atoms with Crippen LogP contribution in [0.5, 0.6) is 5.88 Å². The van der Waals surface area contributed by atoms with Crippen molar-refractivity contribution in [3.63, 3.8) is 0 Å². The number of anilines is 1. The fourth-order valence-electron chi connectivity index (χ4n) is 1.23. The van der Waals surface area contributed by atoms with Gasteiger partial charge in [0.15, 0.2) is 0 Å². The molecule has 1 atom stereocenters. The van der Waals surface area contributed by atoms with Crippen LogP contribution in [0.4, 0.5) is 5.82 Å². The van der Waals surface area contributed by atoms with Gasteiger partial charge in [0.1, 0.15) is 5.82 Å². The number of aliphatic hydroxyl groups is 1. The Balaban J connectivity index is 2.58. The zero-order valence-electron chi connectivity index (χ0n) is 10.7. The molecule has 17 heavy (non-hydrogen) atoms. The molecule has 0 amide bonds. The summed E-state index contributed by atoms with van der Waals surface area (Å²) in [5.74, 6) is 1.60. The number of ether oxygens (including phenoxy) is 1. The third kappa shape index (κ3) is 4.99. The standard InChI is InChI=1S/C12H21N3O2/c1-4-10(7-16)14-11-5-13-6-12(15-11)17-8-9(2)3/h5-6,9-10,16H,4,7-8H2,1-3H3,(H,14,15)/t10-/m1/s1. The van der Waals surface area contributed by atoms with E-state index in [1.807, 2.05) is 6.92 Å². The van der Waals surface area contributed by atoms with Crippen molar-refractivity contribution < 1.29 is 9.84 Å². The molecule has 2 N–H and O–H groups in total. The molecular weight excluding hydrogens is 218 g/mol. The van der Waals surface area contributed by atoms with E-state index in [1.54, 1.807) is 12.4 Å². The number of aliphatic hydroxyl groups excluding tert-OH is 1. The number of hydrogen-bond donors (Lipinski definition) is 2. The maximum absolute atomic E-state index is 9.09. The van der Waals surface area contributed by atoms with E-state index in [0.29, 0.717) is 24.2 Å². The molecule has 0 fully saturated rings. The maximum Gasteiger partial charge on any atom is 0.234 e. The van der Waals surface area contributed by atoms with Gasteiger partial charge in [-0.2, -0.15) is 4.98 Å². The van der Waals surface area contributed by atoms with Gasteiger partial charge in [0.25, 0.3) is 0 Å². The molecule has 0 aliphatic carbocycles. The van der Waals surface area contributed by atoms with Crippen molar-refractivity contribution in [3.05, 3.63) is 12.4 Å². The van der Waals surface area contributed by atoms with Gasteiger partial charge in [0, 0.05) is 0 Å². The second-order valence-corrected chi connectivity index (χ2v) is 4.38. The number of nitrogens with zero attached hydrogens (tertiary/aromatic N) is 2. The summed E-state index contributed by atoms with van der Waals surface area (Å²) in [4.78, 5) is 8.33. The van der Waals surface area contributed by atoms with E-state index in [1.165, 1.54) is 0 Å². The summed E-state index contributed by atoms with van der Waals surface area (Å²) >= 11 is 0. The first-order valence-electron chi connectivity index (χ1n) is 5.98. The quantitative estimate of drug-likeness (QED) is 0.758. The predicted molar refractivity (Wildman–Crippen MR) is 67.2 cm³/mol. The van der Waals surface area contributed by atoms with Crippen LogP contribution < -0.4 is 10.1 Å². The first-order chi connectivity index (χ1) is 8.15. The Bertz CT molecular complexity index is 327. The van der Waals surface area contributed by atoms with Crippen LogP contribution >= 0.6 is 0 Å². The van der Waals surface area contributed by atoms with Crippen LogP contribution in [0.1, 0.15) is 27.2 Å². The van der Waals surface area contributed by atoms with E-state index in [2.05, 4.69) is 29.1 Å². The van der Waals surface area contributed by atoms with Crippen LogP contribution in [0, 0.1) is 5.92 Å². The molecule has 1 aromatic heterocycles. The van der Waals surface area contributed by atoms with Crippen LogP contribution in [0.3, 0.4) is 0 Å². The van der Waals surface area contributed by atoms with Crippen LogP contribution in [0.15, 0.2) is 12.4 Å². The van der Waals surface area contributed by atoms with Crippen molar-refractivity contribution in [2.24, 2.45) is 5.92 Å². The minimum Gasteiger partial charge on any atom is -0.476 e. The van der Waals surface area contributed by atoms with Crippen molar-refractivity contribution in [1.29, 1.82) is 0 Å². The minimum atomic E-state index is 0.00430. The van der Waals surface area contributed by atoms with Gasteiger partial charge in [-0.3, -0.25) is 4.98 Å². The van der Waals surface area contributed by atoms with E-state index in [4.69, 9.17) is 9.84 Å². The minimum absolute atomic E-state index is 0.00430. The van der Waals surface area contributed by atoms with E-state index >= 15 is 0 Å². The average Bonchev–Trinajstić information content (AvgIpc) is 2.34. The normalized spacial score (nSPS) is 12.5. The third-order valence-electron chi connectivity index (χ3n) is 2.24. The van der Waals surface area contributed by atoms with E-state index in [9.17, 15) is 0 Å². The van der Waals surface area contributed by atoms with Crippen LogP contribution in [-0.4, -0.2) is 34.3 Å². The average molecular weight is 239 g/mol. The van der Waals surface area contributed by atoms with Crippen molar-refractivity contribution in [1.82, 2.24) is 9.97 Å². The lowest BCUT2D eigenvalue weighted by molar-refractivity contribution is 0.259. The summed E-state index contributed by atoms with van der Waals surface area (Å²) in [6, 6.07) is 0.00430. The number of rotatable bonds is 7. The lowest BCUT2D eigenvalue weighted by atomic mass is 10.2. The largest absolute Gasteiger partial charge is 0.476 e. The van der Waals surface area contributed by atoms with Gasteiger partial charge in [-0.15, -0.1) is 0 Å². The molecule has 0 aromatic carbocycles. The summed E-state index contributed by atoms with van der Waals surface area (Å²) in [5.41, 5.74) is 0. The Morgan fingerprint density at radius 3 is 2.76 bits per heavy atom. The summed E-state index contributed by atoms with van der Waals surface area (Å²) < 4.78 is 5.48. The Labute approximate surface area is 102 Å². The highest BCUT2D eigenvalue weighted by Gasteiger charge is 2.06. The van der Waals surface area contributed by atoms with Crippen molar-refractivity contribution in [2.75, 3.05) is 18.5 Å². The molecule has 1 aromatic rings. The lowest BCUT2D eigenvalue weighted by Gasteiger charge is -2.15. The molecule has 0 aliphatic rings. The van der Waals surface area contributed by atoms with Crippen LogP contribution in [0.25, 0.3) is 0 Å². The molecule has 0 unspecified atom stereocenters. The Morgan fingerprint density at radius 1 is 1.41 bits per heavy atom. The molecule has 0 radical (unpaired) electrons. The molecule has 5 heteroatoms. The molecule has 0 bridgehead atoms. The SMILES string of the molecule is CC[C@H](CO)Nc1cncc(OCC(C)C)n1. The second kappa shape index (κ2) is 7.06. The fourth-order valence-corrected chi connectivity index (χ4v) is 1.23. The molecule has 5 nitrogen and oxygen atoms in total. The summed E-state index contributed by atoms with van der Waals surface area (Å²) in [7, 11) is 0. The molecule has 0 aliphatic heterocycles. The summed E-state index contributed by atoms with van der Waals surface area (Å²) in [5, 5.41) is 12.2. The van der Waals surface area contributed by atoms with Gasteiger partial charge in [0.05, 0.1) is 31.6 Å². The molecular formula is C12H21N3O2. The first kappa shape index (κ1) is 13.7.